The van der Waals surface area contributed by atoms with Gasteiger partial charge in [-0.1, -0.05) is 49.7 Å². The number of benzene rings is 2. The second-order valence-corrected chi connectivity index (χ2v) is 5.40. The van der Waals surface area contributed by atoms with Crippen molar-refractivity contribution in [3.63, 3.8) is 0 Å². The number of rotatable bonds is 5. The molecule has 0 aliphatic heterocycles. The Bertz CT molecular complexity index is 565. The van der Waals surface area contributed by atoms with E-state index in [1.54, 1.807) is 6.07 Å². The summed E-state index contributed by atoms with van der Waals surface area (Å²) < 4.78 is 13.2. The van der Waals surface area contributed by atoms with Crippen molar-refractivity contribution in [2.45, 2.75) is 38.7 Å². The summed E-state index contributed by atoms with van der Waals surface area (Å²) in [6.07, 6.45) is 2.09. The summed E-state index contributed by atoms with van der Waals surface area (Å²) >= 11 is 0. The highest BCUT2D eigenvalue weighted by atomic mass is 19.1. The molecule has 0 bridgehead atoms. The van der Waals surface area contributed by atoms with E-state index in [1.807, 2.05) is 37.3 Å². The second-order valence-electron chi connectivity index (χ2n) is 5.40. The van der Waals surface area contributed by atoms with Crippen LogP contribution in [0.15, 0.2) is 48.5 Å². The van der Waals surface area contributed by atoms with E-state index in [4.69, 9.17) is 0 Å². The molecule has 2 aromatic rings. The monoisotopic (exact) mass is 272 g/mol. The lowest BCUT2D eigenvalue weighted by Crippen LogP contribution is -2.28. The zero-order valence-electron chi connectivity index (χ0n) is 12.1. The van der Waals surface area contributed by atoms with Gasteiger partial charge in [-0.05, 0) is 42.2 Å². The van der Waals surface area contributed by atoms with Crippen molar-refractivity contribution in [3.05, 3.63) is 71.0 Å². The molecule has 0 fully saturated rings. The van der Waals surface area contributed by atoms with Crippen molar-refractivity contribution in [1.82, 2.24) is 0 Å². The van der Waals surface area contributed by atoms with Crippen molar-refractivity contribution in [3.8, 4) is 0 Å². The van der Waals surface area contributed by atoms with Gasteiger partial charge < -0.3 is 5.11 Å². The van der Waals surface area contributed by atoms with Crippen LogP contribution >= 0.6 is 0 Å². The average molecular weight is 272 g/mol. The Morgan fingerprint density at radius 1 is 1.10 bits per heavy atom. The minimum Gasteiger partial charge on any atom is -0.385 e. The van der Waals surface area contributed by atoms with E-state index >= 15 is 0 Å². The van der Waals surface area contributed by atoms with E-state index in [9.17, 15) is 9.50 Å². The molecule has 1 nitrogen and oxygen atoms in total. The first-order valence-electron chi connectivity index (χ1n) is 7.08. The molecule has 0 amide bonds. The first-order valence-corrected chi connectivity index (χ1v) is 7.08. The predicted molar refractivity (Wildman–Crippen MR) is 80.1 cm³/mol. The Kier molecular flexibility index (Phi) is 4.56. The molecular formula is C18H21FO. The van der Waals surface area contributed by atoms with Gasteiger partial charge in [-0.2, -0.15) is 0 Å². The van der Waals surface area contributed by atoms with E-state index in [1.165, 1.54) is 12.1 Å². The van der Waals surface area contributed by atoms with Gasteiger partial charge in [0, 0.05) is 6.42 Å². The zero-order chi connectivity index (χ0) is 14.6. The van der Waals surface area contributed by atoms with Crippen LogP contribution in [0.2, 0.25) is 0 Å². The number of aryl methyl sites for hydroxylation is 1. The summed E-state index contributed by atoms with van der Waals surface area (Å²) in [5.74, 6) is -0.231. The van der Waals surface area contributed by atoms with Crippen LogP contribution in [-0.2, 0) is 12.0 Å². The fourth-order valence-corrected chi connectivity index (χ4v) is 2.67. The molecule has 2 heteroatoms. The summed E-state index contributed by atoms with van der Waals surface area (Å²) in [5, 5.41) is 11.0. The Labute approximate surface area is 120 Å². The van der Waals surface area contributed by atoms with Gasteiger partial charge in [0.25, 0.3) is 0 Å². The van der Waals surface area contributed by atoms with E-state index < -0.39 is 5.60 Å². The fourth-order valence-electron chi connectivity index (χ4n) is 2.67. The van der Waals surface area contributed by atoms with Gasteiger partial charge in [-0.3, -0.25) is 0 Å². The van der Waals surface area contributed by atoms with Gasteiger partial charge in [0.1, 0.15) is 5.82 Å². The van der Waals surface area contributed by atoms with Crippen LogP contribution in [0.3, 0.4) is 0 Å². The van der Waals surface area contributed by atoms with Crippen LogP contribution < -0.4 is 0 Å². The van der Waals surface area contributed by atoms with E-state index in [0.717, 1.165) is 23.1 Å². The van der Waals surface area contributed by atoms with E-state index in [2.05, 4.69) is 6.92 Å². The Morgan fingerprint density at radius 3 is 2.40 bits per heavy atom. The fraction of sp³-hybridized carbons (Fsp3) is 0.333. The van der Waals surface area contributed by atoms with Crippen LogP contribution in [0.4, 0.5) is 4.39 Å². The molecule has 2 aromatic carbocycles. The van der Waals surface area contributed by atoms with Crippen LogP contribution in [0.25, 0.3) is 0 Å². The molecule has 0 saturated heterocycles. The lowest BCUT2D eigenvalue weighted by Gasteiger charge is -2.29. The SMILES string of the molecule is CCCC(O)(Cc1ccc(F)cc1C)c1ccccc1. The van der Waals surface area contributed by atoms with Gasteiger partial charge in [0.2, 0.25) is 0 Å². The summed E-state index contributed by atoms with van der Waals surface area (Å²) in [7, 11) is 0. The van der Waals surface area contributed by atoms with Crippen LogP contribution in [0.1, 0.15) is 36.5 Å². The predicted octanol–water partition coefficient (Wildman–Crippen LogP) is 4.36. The first kappa shape index (κ1) is 14.7. The van der Waals surface area contributed by atoms with Gasteiger partial charge >= 0.3 is 0 Å². The van der Waals surface area contributed by atoms with Crippen molar-refractivity contribution in [2.75, 3.05) is 0 Å². The molecule has 0 spiro atoms. The van der Waals surface area contributed by atoms with E-state index in [0.29, 0.717) is 12.8 Å². The summed E-state index contributed by atoms with van der Waals surface area (Å²) in [6.45, 7) is 3.95. The maximum atomic E-state index is 13.2. The largest absolute Gasteiger partial charge is 0.385 e. The molecule has 0 aromatic heterocycles. The summed E-state index contributed by atoms with van der Waals surface area (Å²) in [4.78, 5) is 0. The van der Waals surface area contributed by atoms with E-state index in [-0.39, 0.29) is 5.82 Å². The Morgan fingerprint density at radius 2 is 1.80 bits per heavy atom. The molecule has 0 aliphatic rings. The topological polar surface area (TPSA) is 20.2 Å². The van der Waals surface area contributed by atoms with Crippen molar-refractivity contribution < 1.29 is 9.50 Å². The van der Waals surface area contributed by atoms with Gasteiger partial charge in [-0.15, -0.1) is 0 Å². The highest BCUT2D eigenvalue weighted by molar-refractivity contribution is 5.31. The molecule has 1 N–H and O–H groups in total. The minimum absolute atomic E-state index is 0.231. The van der Waals surface area contributed by atoms with Crippen LogP contribution in [-0.4, -0.2) is 5.11 Å². The average Bonchev–Trinajstić information content (AvgIpc) is 2.43. The Balaban J connectivity index is 2.34. The molecule has 1 unspecified atom stereocenters. The Hall–Kier alpha value is -1.67. The standard InChI is InChI=1S/C18H21FO/c1-3-11-18(20,16-7-5-4-6-8-16)13-15-9-10-17(19)12-14(15)2/h4-10,12,20H,3,11,13H2,1-2H3. The lowest BCUT2D eigenvalue weighted by atomic mass is 9.82. The maximum Gasteiger partial charge on any atom is 0.123 e. The van der Waals surface area contributed by atoms with Crippen molar-refractivity contribution in [2.24, 2.45) is 0 Å². The molecular weight excluding hydrogens is 251 g/mol. The second kappa shape index (κ2) is 6.19. The molecule has 20 heavy (non-hydrogen) atoms. The maximum absolute atomic E-state index is 13.2. The number of hydrogen-bond donors (Lipinski definition) is 1. The molecule has 0 aliphatic carbocycles. The van der Waals surface area contributed by atoms with Crippen LogP contribution in [0, 0.1) is 12.7 Å². The molecule has 1 atom stereocenters. The number of aliphatic hydroxyl groups is 1. The number of hydrogen-bond acceptors (Lipinski definition) is 1. The minimum atomic E-state index is -0.890. The third kappa shape index (κ3) is 3.26. The normalized spacial score (nSPS) is 14.0. The third-order valence-electron chi connectivity index (χ3n) is 3.76. The zero-order valence-corrected chi connectivity index (χ0v) is 12.1. The van der Waals surface area contributed by atoms with Crippen molar-refractivity contribution >= 4 is 0 Å². The van der Waals surface area contributed by atoms with Gasteiger partial charge in [0.05, 0.1) is 5.60 Å². The van der Waals surface area contributed by atoms with Crippen molar-refractivity contribution in [1.29, 1.82) is 0 Å². The first-order chi connectivity index (χ1) is 9.55. The number of halogens is 1. The van der Waals surface area contributed by atoms with Gasteiger partial charge in [-0.25, -0.2) is 4.39 Å². The summed E-state index contributed by atoms with van der Waals surface area (Å²) in [6, 6.07) is 14.5. The molecule has 0 saturated carbocycles. The molecule has 0 heterocycles. The smallest absolute Gasteiger partial charge is 0.123 e. The molecule has 106 valence electrons. The summed E-state index contributed by atoms with van der Waals surface area (Å²) in [5.41, 5.74) is 1.91. The molecule has 2 rings (SSSR count). The highest BCUT2D eigenvalue weighted by Gasteiger charge is 2.28. The lowest BCUT2D eigenvalue weighted by molar-refractivity contribution is 0.0267. The third-order valence-corrected chi connectivity index (χ3v) is 3.76. The highest BCUT2D eigenvalue weighted by Crippen LogP contribution is 2.31. The van der Waals surface area contributed by atoms with Gasteiger partial charge in [0.15, 0.2) is 0 Å². The van der Waals surface area contributed by atoms with Crippen LogP contribution in [0.5, 0.6) is 0 Å². The molecule has 0 radical (unpaired) electrons. The quantitative estimate of drug-likeness (QED) is 0.857.